The number of aliphatic imine (C=N–C) groups is 1. The van der Waals surface area contributed by atoms with Gasteiger partial charge in [-0.25, -0.2) is 4.79 Å². The highest BCUT2D eigenvalue weighted by Gasteiger charge is 2.44. The molecule has 5 rings (SSSR count). The molecule has 3 aromatic rings. The number of carboxylic acids is 2. The summed E-state index contributed by atoms with van der Waals surface area (Å²) in [4.78, 5) is 229. The van der Waals surface area contributed by atoms with Crippen LogP contribution < -0.4 is 81.4 Å². The first kappa shape index (κ1) is 93.1. The fourth-order valence-corrected chi connectivity index (χ4v) is 13.3. The number of rotatable bonds is 45. The first-order valence-corrected chi connectivity index (χ1v) is 38.1. The molecule has 2 fully saturated rings. The zero-order chi connectivity index (χ0) is 85.0. The van der Waals surface area contributed by atoms with Crippen molar-refractivity contribution in [3.63, 3.8) is 0 Å². The Morgan fingerprint density at radius 2 is 1.03 bits per heavy atom. The Bertz CT molecular complexity index is 3940. The fourth-order valence-electron chi connectivity index (χ4n) is 13.3. The number of aromatic amines is 1. The number of hydrogen-bond acceptors (Lipinski definition) is 20. The SMILES string of the molecule is CC(C)C[C@H](NC(=O)CN)C(=O)NCC(=O)N[C@@H](Cc1ccc(O)cc1)C(=O)N1CCC[C@H]1C(=O)N[C@H](C(=O)N[C@H](C(=O)N[C@@H](CCCN=C(N)N)C(=O)N[C@@H](CCC(=O)O)C(=O)N1CCC[C@H]1C(=O)N[C@H](C(=O)N[C@@H](CC(N)=O)C(=O)N[C@@H](CC(C)C)C(=O)N[C@@H](Cc1c[nH]c2ccccc12)C(=O)O)[C@@H](C)O)C(C)C)C(C)C. The molecule has 0 saturated carbocycles. The number of hydrogen-bond donors (Lipinski definition) is 20. The van der Waals surface area contributed by atoms with Crippen molar-refractivity contribution in [1.82, 2.24) is 73.3 Å². The van der Waals surface area contributed by atoms with Gasteiger partial charge in [0, 0.05) is 56.0 Å². The molecular weight excluding hydrogens is 1490 g/mol. The number of phenols is 1. The van der Waals surface area contributed by atoms with Crippen LogP contribution in [-0.4, -0.2) is 247 Å². The molecule has 0 aliphatic carbocycles. The first-order chi connectivity index (χ1) is 53.7. The van der Waals surface area contributed by atoms with Gasteiger partial charge in [0.15, 0.2) is 5.96 Å². The average molecular weight is 1600 g/mol. The van der Waals surface area contributed by atoms with Crippen molar-refractivity contribution < 1.29 is 97.1 Å². The van der Waals surface area contributed by atoms with E-state index in [9.17, 15) is 97.1 Å². The van der Waals surface area contributed by atoms with Crippen LogP contribution in [0, 0.1) is 23.7 Å². The van der Waals surface area contributed by atoms with Gasteiger partial charge in [0.25, 0.3) is 0 Å². The molecule has 114 heavy (non-hydrogen) atoms. The van der Waals surface area contributed by atoms with Crippen LogP contribution >= 0.6 is 0 Å². The molecule has 24 N–H and O–H groups in total. The number of likely N-dealkylation sites (tertiary alicyclic amines) is 2. The number of phenolic OH excluding ortho intramolecular Hbond substituents is 1. The second-order valence-electron chi connectivity index (χ2n) is 30.1. The van der Waals surface area contributed by atoms with Gasteiger partial charge in [0.2, 0.25) is 82.7 Å². The predicted molar refractivity (Wildman–Crippen MR) is 413 cm³/mol. The van der Waals surface area contributed by atoms with Gasteiger partial charge in [-0.15, -0.1) is 0 Å². The molecule has 2 saturated heterocycles. The summed E-state index contributed by atoms with van der Waals surface area (Å²) in [5.74, 6) is -17.8. The zero-order valence-electron chi connectivity index (χ0n) is 65.7. The Morgan fingerprint density at radius 3 is 1.57 bits per heavy atom. The third-order valence-electron chi connectivity index (χ3n) is 19.1. The van der Waals surface area contributed by atoms with Gasteiger partial charge in [0.1, 0.15) is 78.3 Å². The predicted octanol–water partition coefficient (Wildman–Crippen LogP) is -3.77. The average Bonchev–Trinajstić information content (AvgIpc) is 1.58. The third-order valence-corrected chi connectivity index (χ3v) is 19.1. The highest BCUT2D eigenvalue weighted by molar-refractivity contribution is 6.01. The molecule has 0 radical (unpaired) electrons. The number of carbonyl (C=O) groups is 16. The maximum absolute atomic E-state index is 14.8. The number of nitrogens with zero attached hydrogens (tertiary/aromatic N) is 3. The van der Waals surface area contributed by atoms with E-state index >= 15 is 0 Å². The number of aliphatic hydroxyl groups is 1. The summed E-state index contributed by atoms with van der Waals surface area (Å²) >= 11 is 0. The molecule has 39 heteroatoms. The van der Waals surface area contributed by atoms with Crippen LogP contribution in [0.25, 0.3) is 10.9 Å². The van der Waals surface area contributed by atoms with E-state index in [0.717, 1.165) is 17.3 Å². The number of aliphatic hydroxyl groups excluding tert-OH is 1. The lowest BCUT2D eigenvalue weighted by atomic mass is 9.98. The molecule has 3 heterocycles. The number of primary amides is 1. The highest BCUT2D eigenvalue weighted by Crippen LogP contribution is 2.25. The number of aliphatic carboxylic acids is 2. The van der Waals surface area contributed by atoms with Crippen molar-refractivity contribution in [2.24, 2.45) is 51.6 Å². The van der Waals surface area contributed by atoms with E-state index in [1.807, 2.05) is 13.8 Å². The number of para-hydroxylation sites is 1. The van der Waals surface area contributed by atoms with Gasteiger partial charge in [-0.3, -0.25) is 76.9 Å². The minimum absolute atomic E-state index is 0.00264. The number of nitrogens with one attached hydrogen (secondary N) is 12. The summed E-state index contributed by atoms with van der Waals surface area (Å²) in [6, 6.07) is -4.95. The second kappa shape index (κ2) is 44.7. The van der Waals surface area contributed by atoms with Crippen LogP contribution in [0.4, 0.5) is 0 Å². The second-order valence-corrected chi connectivity index (χ2v) is 30.1. The van der Waals surface area contributed by atoms with Crippen molar-refractivity contribution in [2.75, 3.05) is 32.7 Å². The monoisotopic (exact) mass is 1600 g/mol. The van der Waals surface area contributed by atoms with Crippen molar-refractivity contribution in [3.8, 4) is 5.75 Å². The van der Waals surface area contributed by atoms with Crippen molar-refractivity contribution >= 4 is 112 Å². The van der Waals surface area contributed by atoms with Crippen molar-refractivity contribution in [2.45, 2.75) is 224 Å². The number of aromatic nitrogens is 1. The number of carboxylic acid groups (broad SMARTS) is 2. The lowest BCUT2D eigenvalue weighted by molar-refractivity contribution is -0.144. The topological polar surface area (TPSA) is 625 Å². The van der Waals surface area contributed by atoms with Crippen LogP contribution in [-0.2, 0) is 89.6 Å². The first-order valence-electron chi connectivity index (χ1n) is 38.1. The van der Waals surface area contributed by atoms with Crippen LogP contribution in [0.15, 0.2) is 59.7 Å². The van der Waals surface area contributed by atoms with E-state index in [4.69, 9.17) is 22.9 Å². The number of guanidine groups is 1. The molecule has 0 unspecified atom stereocenters. The minimum Gasteiger partial charge on any atom is -0.508 e. The summed E-state index contributed by atoms with van der Waals surface area (Å²) in [5.41, 5.74) is 23.9. The molecule has 1 aromatic heterocycles. The van der Waals surface area contributed by atoms with Crippen LogP contribution in [0.1, 0.15) is 144 Å². The third kappa shape index (κ3) is 28.9. The lowest BCUT2D eigenvalue weighted by Gasteiger charge is -2.32. The number of amides is 14. The maximum Gasteiger partial charge on any atom is 0.326 e. The molecule has 2 aliphatic heterocycles. The molecular formula is C75H113N19O20. The number of aromatic hydroxyl groups is 1. The lowest BCUT2D eigenvalue weighted by Crippen LogP contribution is -2.62. The standard InChI is InChI=1S/C75H113N19O20/c1-37(2)29-49(83-57(98)34-76)63(102)82-36-58(99)84-52(31-42-20-22-44(96)23-21-42)73(112)94-28-14-18-54(94)67(106)90-61(40(7)8)70(109)91-60(39(5)6)69(108)85-47(17-12-26-80-75(78)79)64(103)86-48(24-25-59(100)101)72(111)93-27-13-19-55(93)68(107)92-62(41(9)95)71(110)88-51(33-56(77)97)66(105)87-50(30-38(3)4)65(104)89-53(74(113)114)32-43-35-81-46-16-11-10-15-45(43)46/h10-11,15-16,20-23,35,37-41,47-55,60-62,81,95-96H,12-14,17-19,24-34,36,76H2,1-9H3,(H2,77,97)(H,82,102)(H,83,98)(H,84,99)(H,85,108)(H,86,103)(H,87,105)(H,88,110)(H,89,104)(H,90,106)(H,91,109)(H,92,107)(H,100,101)(H,113,114)(H4,78,79,80)/t41-,47+,48+,49+,50+,51+,52+,53+,54+,55+,60+,61+,62+/m1/s1. The molecule has 2 aromatic carbocycles. The Balaban J connectivity index is 1.31. The smallest absolute Gasteiger partial charge is 0.326 e. The Labute approximate surface area is 659 Å². The molecule has 0 spiro atoms. The van der Waals surface area contributed by atoms with E-state index in [1.165, 1.54) is 29.2 Å². The maximum atomic E-state index is 14.8. The van der Waals surface area contributed by atoms with E-state index in [0.29, 0.717) is 22.9 Å². The number of benzene rings is 2. The fraction of sp³-hybridized carbons (Fsp3) is 0.587. The van der Waals surface area contributed by atoms with Crippen LogP contribution in [0.5, 0.6) is 5.75 Å². The molecule has 628 valence electrons. The highest BCUT2D eigenvalue weighted by atomic mass is 16.4. The Morgan fingerprint density at radius 1 is 0.535 bits per heavy atom. The van der Waals surface area contributed by atoms with Crippen molar-refractivity contribution in [1.29, 1.82) is 0 Å². The van der Waals surface area contributed by atoms with Gasteiger partial charge < -0.3 is 117 Å². The number of carbonyl (C=O) groups excluding carboxylic acids is 14. The van der Waals surface area contributed by atoms with Gasteiger partial charge >= 0.3 is 11.9 Å². The Hall–Kier alpha value is -11.5. The van der Waals surface area contributed by atoms with E-state index in [2.05, 4.69) is 68.5 Å². The summed E-state index contributed by atoms with van der Waals surface area (Å²) in [6.45, 7) is 13.3. The van der Waals surface area contributed by atoms with Gasteiger partial charge in [-0.05, 0) is 118 Å². The molecule has 39 nitrogen and oxygen atoms in total. The van der Waals surface area contributed by atoms with Crippen molar-refractivity contribution in [3.05, 3.63) is 65.9 Å². The quantitative estimate of drug-likeness (QED) is 0.0147. The van der Waals surface area contributed by atoms with E-state index in [1.54, 1.807) is 72.0 Å². The number of H-pyrrole nitrogens is 1. The number of nitrogens with two attached hydrogens (primary N) is 4. The van der Waals surface area contributed by atoms with E-state index < -0.39 is 211 Å². The summed E-state index contributed by atoms with van der Waals surface area (Å²) in [6.07, 6.45) is -2.21. The summed E-state index contributed by atoms with van der Waals surface area (Å²) < 4.78 is 0. The van der Waals surface area contributed by atoms with Gasteiger partial charge in [-0.1, -0.05) is 85.7 Å². The van der Waals surface area contributed by atoms with E-state index in [-0.39, 0.29) is 108 Å². The normalized spacial score (nSPS) is 16.9. The summed E-state index contributed by atoms with van der Waals surface area (Å²) in [7, 11) is 0. The number of fused-ring (bicyclic) bond motifs is 1. The van der Waals surface area contributed by atoms with Gasteiger partial charge in [0.05, 0.1) is 25.6 Å². The summed E-state index contributed by atoms with van der Waals surface area (Å²) in [5, 5.41) is 69.6. The van der Waals surface area contributed by atoms with Crippen LogP contribution in [0.2, 0.25) is 0 Å². The Kier molecular flexibility index (Phi) is 36.5. The minimum atomic E-state index is -1.92. The van der Waals surface area contributed by atoms with Gasteiger partial charge in [-0.2, -0.15) is 0 Å². The molecule has 13 atom stereocenters. The zero-order valence-corrected chi connectivity index (χ0v) is 65.7. The molecule has 0 bridgehead atoms. The molecule has 14 amide bonds. The molecule has 2 aliphatic rings. The largest absolute Gasteiger partial charge is 0.508 e. The van der Waals surface area contributed by atoms with Crippen LogP contribution in [0.3, 0.4) is 0 Å².